The first-order chi connectivity index (χ1) is 15.7. The molecule has 5 aromatic rings. The zero-order valence-electron chi connectivity index (χ0n) is 17.7. The molecule has 1 aliphatic heterocycles. The highest BCUT2D eigenvalue weighted by Crippen LogP contribution is 2.35. The molecule has 32 heavy (non-hydrogen) atoms. The fourth-order valence-corrected chi connectivity index (χ4v) is 4.97. The Hall–Kier alpha value is -3.78. The Morgan fingerprint density at radius 2 is 2.03 bits per heavy atom. The quantitative estimate of drug-likeness (QED) is 0.425. The monoisotopic (exact) mass is 439 g/mol. The van der Waals surface area contributed by atoms with Gasteiger partial charge in [-0.2, -0.15) is 5.10 Å². The third-order valence-electron chi connectivity index (χ3n) is 5.86. The van der Waals surface area contributed by atoms with Crippen LogP contribution in [0.4, 0.5) is 5.69 Å². The zero-order chi connectivity index (χ0) is 21.7. The molecule has 0 aliphatic carbocycles. The number of hydrogen-bond acceptors (Lipinski definition) is 6. The summed E-state index contributed by atoms with van der Waals surface area (Å²) in [6.07, 6.45) is 5.62. The third kappa shape index (κ3) is 3.11. The molecular formula is C24H21N7S. The molecule has 0 saturated heterocycles. The Bertz CT molecular complexity index is 1440. The molecule has 5 heterocycles. The number of nitrogens with zero attached hydrogens (tertiary/aromatic N) is 5. The first kappa shape index (κ1) is 18.9. The minimum Gasteiger partial charge on any atom is -0.376 e. The number of pyridine rings is 1. The van der Waals surface area contributed by atoms with E-state index in [0.717, 1.165) is 57.2 Å². The highest BCUT2D eigenvalue weighted by molar-refractivity contribution is 7.10. The standard InChI is InChI=1S/C24H21N7S/c1-31(2)16-8-15(10-25-11-16)14-5-6-19-17(9-14)23(30-29-19)24-27-20-13-26-12-18(22(20)28-24)21-4-3-7-32-21/h3-11,13,18H,12H2,1-2H3,(H,27,28)(H,29,30). The van der Waals surface area contributed by atoms with Crippen LogP contribution in [-0.4, -0.2) is 52.0 Å². The van der Waals surface area contributed by atoms with Gasteiger partial charge in [-0.05, 0) is 35.2 Å². The summed E-state index contributed by atoms with van der Waals surface area (Å²) in [5.74, 6) is 0.963. The molecule has 0 radical (unpaired) electrons. The predicted molar refractivity (Wildman–Crippen MR) is 130 cm³/mol. The highest BCUT2D eigenvalue weighted by Gasteiger charge is 2.26. The number of nitrogens with one attached hydrogen (secondary N) is 2. The SMILES string of the molecule is CN(C)c1cncc(-c2ccc3[nH]nc(-c4nc5c([nH]4)C(c4cccs4)CN=C5)c3c2)c1. The largest absolute Gasteiger partial charge is 0.376 e. The van der Waals surface area contributed by atoms with Gasteiger partial charge in [0.2, 0.25) is 0 Å². The maximum Gasteiger partial charge on any atom is 0.159 e. The lowest BCUT2D eigenvalue weighted by Crippen LogP contribution is -2.11. The average Bonchev–Trinajstić information content (AvgIpc) is 3.57. The van der Waals surface area contributed by atoms with E-state index in [9.17, 15) is 0 Å². The van der Waals surface area contributed by atoms with Gasteiger partial charge in [0.05, 0.1) is 35.6 Å². The van der Waals surface area contributed by atoms with E-state index in [2.05, 4.69) is 71.8 Å². The lowest BCUT2D eigenvalue weighted by molar-refractivity contribution is 0.798. The summed E-state index contributed by atoms with van der Waals surface area (Å²) in [7, 11) is 4.03. The van der Waals surface area contributed by atoms with Crippen molar-refractivity contribution in [3.63, 3.8) is 0 Å². The number of aliphatic imine (C=N–C) groups is 1. The van der Waals surface area contributed by atoms with Gasteiger partial charge in [0.1, 0.15) is 11.4 Å². The van der Waals surface area contributed by atoms with Gasteiger partial charge in [0.25, 0.3) is 0 Å². The molecule has 1 aromatic carbocycles. The Morgan fingerprint density at radius 1 is 1.09 bits per heavy atom. The lowest BCUT2D eigenvalue weighted by atomic mass is 10.0. The van der Waals surface area contributed by atoms with Crippen LogP contribution in [0.2, 0.25) is 0 Å². The van der Waals surface area contributed by atoms with Crippen molar-refractivity contribution >= 4 is 34.1 Å². The second kappa shape index (κ2) is 7.42. The molecule has 158 valence electrons. The molecule has 2 N–H and O–H groups in total. The Kier molecular flexibility index (Phi) is 4.39. The van der Waals surface area contributed by atoms with E-state index >= 15 is 0 Å². The number of benzene rings is 1. The number of rotatable bonds is 4. The van der Waals surface area contributed by atoms with Gasteiger partial charge in [-0.3, -0.25) is 15.1 Å². The van der Waals surface area contributed by atoms with E-state index in [1.54, 1.807) is 11.3 Å². The molecule has 8 heteroatoms. The van der Waals surface area contributed by atoms with Crippen LogP contribution in [-0.2, 0) is 0 Å². The van der Waals surface area contributed by atoms with Crippen LogP contribution >= 0.6 is 11.3 Å². The topological polar surface area (TPSA) is 85.9 Å². The number of H-pyrrole nitrogens is 2. The maximum absolute atomic E-state index is 4.84. The van der Waals surface area contributed by atoms with Gasteiger partial charge in [-0.25, -0.2) is 4.98 Å². The molecule has 0 saturated carbocycles. The first-order valence-electron chi connectivity index (χ1n) is 10.4. The molecule has 4 aromatic heterocycles. The summed E-state index contributed by atoms with van der Waals surface area (Å²) in [5.41, 5.74) is 6.99. The van der Waals surface area contributed by atoms with Gasteiger partial charge in [-0.1, -0.05) is 12.1 Å². The van der Waals surface area contributed by atoms with Gasteiger partial charge in [-0.15, -0.1) is 11.3 Å². The van der Waals surface area contributed by atoms with E-state index in [-0.39, 0.29) is 5.92 Å². The van der Waals surface area contributed by atoms with Crippen molar-refractivity contribution < 1.29 is 0 Å². The van der Waals surface area contributed by atoms with Gasteiger partial charge in [0, 0.05) is 42.3 Å². The van der Waals surface area contributed by atoms with Crippen LogP contribution in [0.1, 0.15) is 22.2 Å². The first-order valence-corrected chi connectivity index (χ1v) is 11.3. The van der Waals surface area contributed by atoms with E-state index in [1.807, 2.05) is 32.7 Å². The summed E-state index contributed by atoms with van der Waals surface area (Å²) >= 11 is 1.75. The van der Waals surface area contributed by atoms with Crippen LogP contribution < -0.4 is 4.90 Å². The maximum atomic E-state index is 4.84. The Balaban J connectivity index is 1.44. The number of thiophene rings is 1. The highest BCUT2D eigenvalue weighted by atomic mass is 32.1. The Morgan fingerprint density at radius 3 is 2.88 bits per heavy atom. The molecule has 7 nitrogen and oxygen atoms in total. The van der Waals surface area contributed by atoms with Crippen LogP contribution in [0.3, 0.4) is 0 Å². The molecular weight excluding hydrogens is 418 g/mol. The smallest absolute Gasteiger partial charge is 0.159 e. The van der Waals surface area contributed by atoms with Crippen molar-refractivity contribution in [2.45, 2.75) is 5.92 Å². The predicted octanol–water partition coefficient (Wildman–Crippen LogP) is 4.71. The molecule has 1 unspecified atom stereocenters. The summed E-state index contributed by atoms with van der Waals surface area (Å²) in [5, 5.41) is 10.9. The van der Waals surface area contributed by atoms with Crippen molar-refractivity contribution in [1.82, 2.24) is 25.1 Å². The Labute approximate surface area is 188 Å². The van der Waals surface area contributed by atoms with Crippen molar-refractivity contribution in [2.75, 3.05) is 25.5 Å². The van der Waals surface area contributed by atoms with Gasteiger partial charge in [0.15, 0.2) is 5.82 Å². The number of imidazole rings is 1. The van der Waals surface area contributed by atoms with Crippen molar-refractivity contribution in [3.8, 4) is 22.6 Å². The van der Waals surface area contributed by atoms with Crippen LogP contribution in [0.5, 0.6) is 0 Å². The second-order valence-corrected chi connectivity index (χ2v) is 9.08. The molecule has 0 amide bonds. The third-order valence-corrected chi connectivity index (χ3v) is 6.84. The fraction of sp³-hybridized carbons (Fsp3) is 0.167. The summed E-state index contributed by atoms with van der Waals surface area (Å²) in [4.78, 5) is 20.7. The molecule has 1 aliphatic rings. The van der Waals surface area contributed by atoms with E-state index < -0.39 is 0 Å². The van der Waals surface area contributed by atoms with Crippen LogP contribution in [0.25, 0.3) is 33.5 Å². The van der Waals surface area contributed by atoms with Crippen molar-refractivity contribution in [2.24, 2.45) is 4.99 Å². The summed E-state index contributed by atoms with van der Waals surface area (Å²) < 4.78 is 0. The van der Waals surface area contributed by atoms with Crippen molar-refractivity contribution in [3.05, 3.63) is 70.4 Å². The van der Waals surface area contributed by atoms with Crippen LogP contribution in [0, 0.1) is 0 Å². The number of aromatic amines is 2. The van der Waals surface area contributed by atoms with Crippen LogP contribution in [0.15, 0.2) is 59.2 Å². The second-order valence-electron chi connectivity index (χ2n) is 8.11. The molecule has 1 atom stereocenters. The number of aromatic nitrogens is 5. The number of fused-ring (bicyclic) bond motifs is 2. The minimum absolute atomic E-state index is 0.205. The molecule has 0 bridgehead atoms. The van der Waals surface area contributed by atoms with E-state index in [0.29, 0.717) is 0 Å². The fourth-order valence-electron chi connectivity index (χ4n) is 4.14. The lowest BCUT2D eigenvalue weighted by Gasteiger charge is -2.15. The zero-order valence-corrected chi connectivity index (χ0v) is 18.5. The van der Waals surface area contributed by atoms with Gasteiger partial charge < -0.3 is 9.88 Å². The van der Waals surface area contributed by atoms with E-state index in [1.165, 1.54) is 4.88 Å². The molecule has 0 fully saturated rings. The number of anilines is 1. The molecule has 0 spiro atoms. The molecule has 6 rings (SSSR count). The van der Waals surface area contributed by atoms with Gasteiger partial charge >= 0.3 is 0 Å². The summed E-state index contributed by atoms with van der Waals surface area (Å²) in [6.45, 7) is 0.732. The number of hydrogen-bond donors (Lipinski definition) is 2. The summed E-state index contributed by atoms with van der Waals surface area (Å²) in [6, 6.07) is 12.7. The average molecular weight is 440 g/mol. The normalized spacial score (nSPS) is 15.2. The van der Waals surface area contributed by atoms with Crippen molar-refractivity contribution in [1.29, 1.82) is 0 Å². The minimum atomic E-state index is 0.205. The van der Waals surface area contributed by atoms with E-state index in [4.69, 9.17) is 4.98 Å².